The SMILES string of the molecule is NC(=S)Nc1cccc(OCCCCCCOc2cccc3ccccc23)c1. The Morgan fingerprint density at radius 2 is 1.54 bits per heavy atom. The zero-order valence-corrected chi connectivity index (χ0v) is 16.7. The average molecular weight is 395 g/mol. The highest BCUT2D eigenvalue weighted by atomic mass is 32.1. The normalized spacial score (nSPS) is 10.6. The van der Waals surface area contributed by atoms with E-state index in [9.17, 15) is 0 Å². The molecule has 0 fully saturated rings. The lowest BCUT2D eigenvalue weighted by molar-refractivity contribution is 0.289. The molecule has 0 aliphatic heterocycles. The average Bonchev–Trinajstić information content (AvgIpc) is 2.70. The second-order valence-corrected chi connectivity index (χ2v) is 7.05. The fraction of sp³-hybridized carbons (Fsp3) is 0.261. The van der Waals surface area contributed by atoms with E-state index in [1.807, 2.05) is 48.5 Å². The van der Waals surface area contributed by atoms with E-state index in [1.165, 1.54) is 10.8 Å². The minimum atomic E-state index is 0.253. The van der Waals surface area contributed by atoms with E-state index in [2.05, 4.69) is 23.5 Å². The van der Waals surface area contributed by atoms with Crippen LogP contribution in [-0.4, -0.2) is 18.3 Å². The van der Waals surface area contributed by atoms with Gasteiger partial charge in [0.2, 0.25) is 0 Å². The minimum Gasteiger partial charge on any atom is -0.494 e. The number of unbranched alkanes of at least 4 members (excludes halogenated alkanes) is 3. The zero-order chi connectivity index (χ0) is 19.6. The first kappa shape index (κ1) is 20.0. The lowest BCUT2D eigenvalue weighted by Crippen LogP contribution is -2.18. The number of rotatable bonds is 10. The van der Waals surface area contributed by atoms with Gasteiger partial charge in [0, 0.05) is 17.1 Å². The summed E-state index contributed by atoms with van der Waals surface area (Å²) < 4.78 is 11.8. The molecule has 28 heavy (non-hydrogen) atoms. The van der Waals surface area contributed by atoms with E-state index < -0.39 is 0 Å². The van der Waals surface area contributed by atoms with Crippen LogP contribution in [0.25, 0.3) is 10.8 Å². The summed E-state index contributed by atoms with van der Waals surface area (Å²) in [6.07, 6.45) is 4.29. The zero-order valence-electron chi connectivity index (χ0n) is 15.9. The maximum absolute atomic E-state index is 5.98. The molecule has 3 N–H and O–H groups in total. The number of hydrogen-bond acceptors (Lipinski definition) is 3. The number of thiocarbonyl (C=S) groups is 1. The minimum absolute atomic E-state index is 0.253. The Balaban J connectivity index is 1.31. The van der Waals surface area contributed by atoms with Gasteiger partial charge in [0.15, 0.2) is 5.11 Å². The molecule has 0 aliphatic carbocycles. The Labute approximate surface area is 171 Å². The summed E-state index contributed by atoms with van der Waals surface area (Å²) in [5, 5.41) is 5.55. The number of benzene rings is 3. The van der Waals surface area contributed by atoms with E-state index in [1.54, 1.807) is 0 Å². The molecule has 0 heterocycles. The monoisotopic (exact) mass is 394 g/mol. The van der Waals surface area contributed by atoms with Crippen molar-refractivity contribution in [2.45, 2.75) is 25.7 Å². The van der Waals surface area contributed by atoms with Gasteiger partial charge in [-0.3, -0.25) is 0 Å². The van der Waals surface area contributed by atoms with Gasteiger partial charge in [-0.25, -0.2) is 0 Å². The summed E-state index contributed by atoms with van der Waals surface area (Å²) in [6, 6.07) is 22.2. The number of anilines is 1. The largest absolute Gasteiger partial charge is 0.494 e. The molecule has 0 amide bonds. The van der Waals surface area contributed by atoms with Gasteiger partial charge in [-0.2, -0.15) is 0 Å². The second kappa shape index (κ2) is 10.5. The molecule has 0 bridgehead atoms. The quantitative estimate of drug-likeness (QED) is 0.351. The van der Waals surface area contributed by atoms with Gasteiger partial charge in [0.05, 0.1) is 13.2 Å². The molecule has 146 valence electrons. The maximum atomic E-state index is 5.98. The highest BCUT2D eigenvalue weighted by molar-refractivity contribution is 7.80. The summed E-state index contributed by atoms with van der Waals surface area (Å²) in [6.45, 7) is 1.43. The third kappa shape index (κ3) is 6.13. The Kier molecular flexibility index (Phi) is 7.50. The van der Waals surface area contributed by atoms with Crippen LogP contribution in [0, 0.1) is 0 Å². The Hall–Kier alpha value is -2.79. The van der Waals surface area contributed by atoms with Crippen molar-refractivity contribution in [2.75, 3.05) is 18.5 Å². The third-order valence-corrected chi connectivity index (χ3v) is 4.52. The molecule has 3 aromatic rings. The predicted octanol–water partition coefficient (Wildman–Crippen LogP) is 5.51. The number of ether oxygens (including phenoxy) is 2. The molecule has 0 aromatic heterocycles. The molecule has 0 spiro atoms. The topological polar surface area (TPSA) is 56.5 Å². The maximum Gasteiger partial charge on any atom is 0.168 e. The first-order valence-electron chi connectivity index (χ1n) is 9.62. The van der Waals surface area contributed by atoms with Crippen LogP contribution in [-0.2, 0) is 0 Å². The second-order valence-electron chi connectivity index (χ2n) is 6.61. The van der Waals surface area contributed by atoms with E-state index >= 15 is 0 Å². The number of fused-ring (bicyclic) bond motifs is 1. The number of nitrogens with one attached hydrogen (secondary N) is 1. The Morgan fingerprint density at radius 1 is 0.821 bits per heavy atom. The summed E-state index contributed by atoms with van der Waals surface area (Å²) in [5.41, 5.74) is 6.33. The Bertz CT molecular complexity index is 909. The van der Waals surface area contributed by atoms with Crippen LogP contribution in [0.5, 0.6) is 11.5 Å². The summed E-state index contributed by atoms with van der Waals surface area (Å²) in [7, 11) is 0. The van der Waals surface area contributed by atoms with E-state index in [-0.39, 0.29) is 5.11 Å². The van der Waals surface area contributed by atoms with E-state index in [4.69, 9.17) is 27.4 Å². The lowest BCUT2D eigenvalue weighted by Gasteiger charge is -2.10. The number of hydrogen-bond donors (Lipinski definition) is 2. The summed E-state index contributed by atoms with van der Waals surface area (Å²) >= 11 is 4.85. The van der Waals surface area contributed by atoms with E-state index in [0.717, 1.165) is 49.5 Å². The molecule has 0 unspecified atom stereocenters. The van der Waals surface area contributed by atoms with Crippen LogP contribution in [0.1, 0.15) is 25.7 Å². The fourth-order valence-electron chi connectivity index (χ4n) is 3.06. The van der Waals surface area contributed by atoms with Crippen molar-refractivity contribution < 1.29 is 9.47 Å². The first-order valence-corrected chi connectivity index (χ1v) is 10.0. The van der Waals surface area contributed by atoms with Crippen LogP contribution < -0.4 is 20.5 Å². The van der Waals surface area contributed by atoms with Crippen molar-refractivity contribution >= 4 is 33.8 Å². The van der Waals surface area contributed by atoms with Crippen molar-refractivity contribution in [2.24, 2.45) is 5.73 Å². The molecule has 0 radical (unpaired) electrons. The van der Waals surface area contributed by atoms with Crippen LogP contribution in [0.4, 0.5) is 5.69 Å². The predicted molar refractivity (Wildman–Crippen MR) is 120 cm³/mol. The summed E-state index contributed by atoms with van der Waals surface area (Å²) in [4.78, 5) is 0. The Morgan fingerprint density at radius 3 is 2.36 bits per heavy atom. The van der Waals surface area contributed by atoms with Crippen LogP contribution >= 0.6 is 12.2 Å². The molecular formula is C23H26N2O2S. The van der Waals surface area contributed by atoms with Crippen molar-refractivity contribution in [1.29, 1.82) is 0 Å². The van der Waals surface area contributed by atoms with Crippen LogP contribution in [0.2, 0.25) is 0 Å². The van der Waals surface area contributed by atoms with Crippen molar-refractivity contribution in [3.63, 3.8) is 0 Å². The third-order valence-electron chi connectivity index (χ3n) is 4.42. The molecule has 4 nitrogen and oxygen atoms in total. The molecule has 0 saturated carbocycles. The van der Waals surface area contributed by atoms with Gasteiger partial charge in [-0.15, -0.1) is 0 Å². The van der Waals surface area contributed by atoms with Gasteiger partial charge in [0.1, 0.15) is 11.5 Å². The fourth-order valence-corrected chi connectivity index (χ4v) is 3.18. The molecule has 3 rings (SSSR count). The molecule has 0 atom stereocenters. The van der Waals surface area contributed by atoms with Gasteiger partial charge in [0.25, 0.3) is 0 Å². The molecule has 3 aromatic carbocycles. The molecule has 0 saturated heterocycles. The highest BCUT2D eigenvalue weighted by Gasteiger charge is 2.01. The lowest BCUT2D eigenvalue weighted by atomic mass is 10.1. The molecule has 5 heteroatoms. The smallest absolute Gasteiger partial charge is 0.168 e. The van der Waals surface area contributed by atoms with Gasteiger partial charge >= 0.3 is 0 Å². The standard InChI is InChI=1S/C23H26N2O2S/c24-23(28)25-19-11-8-12-20(17-19)26-15-5-1-2-6-16-27-22-14-7-10-18-9-3-4-13-21(18)22/h3-4,7-14,17H,1-2,5-6,15-16H2,(H3,24,25,28). The molecule has 0 aliphatic rings. The summed E-state index contributed by atoms with van der Waals surface area (Å²) in [5.74, 6) is 1.78. The van der Waals surface area contributed by atoms with Crippen molar-refractivity contribution in [1.82, 2.24) is 0 Å². The van der Waals surface area contributed by atoms with Crippen molar-refractivity contribution in [3.05, 3.63) is 66.7 Å². The molecular weight excluding hydrogens is 368 g/mol. The van der Waals surface area contributed by atoms with Gasteiger partial charge < -0.3 is 20.5 Å². The van der Waals surface area contributed by atoms with Crippen molar-refractivity contribution in [3.8, 4) is 11.5 Å². The highest BCUT2D eigenvalue weighted by Crippen LogP contribution is 2.25. The van der Waals surface area contributed by atoms with E-state index in [0.29, 0.717) is 6.61 Å². The van der Waals surface area contributed by atoms with Gasteiger partial charge in [-0.1, -0.05) is 42.5 Å². The van der Waals surface area contributed by atoms with Crippen LogP contribution in [0.15, 0.2) is 66.7 Å². The van der Waals surface area contributed by atoms with Crippen LogP contribution in [0.3, 0.4) is 0 Å². The number of nitrogens with two attached hydrogens (primary N) is 1. The van der Waals surface area contributed by atoms with Gasteiger partial charge in [-0.05, 0) is 61.5 Å². The first-order chi connectivity index (χ1) is 13.7.